The van der Waals surface area contributed by atoms with Gasteiger partial charge in [0.2, 0.25) is 5.91 Å². The van der Waals surface area contributed by atoms with Crippen LogP contribution < -0.4 is 5.32 Å². The van der Waals surface area contributed by atoms with Gasteiger partial charge in [0, 0.05) is 6.54 Å². The molecule has 112 valence electrons. The maximum atomic E-state index is 12.3. The van der Waals surface area contributed by atoms with Gasteiger partial charge in [-0.1, -0.05) is 30.3 Å². The van der Waals surface area contributed by atoms with Gasteiger partial charge in [-0.25, -0.2) is 0 Å². The highest BCUT2D eigenvalue weighted by Crippen LogP contribution is 2.43. The summed E-state index contributed by atoms with van der Waals surface area (Å²) in [6.07, 6.45) is 1.75. The molecule has 21 heavy (non-hydrogen) atoms. The molecule has 1 aromatic carbocycles. The van der Waals surface area contributed by atoms with E-state index in [1.54, 1.807) is 0 Å². The van der Waals surface area contributed by atoms with E-state index >= 15 is 0 Å². The van der Waals surface area contributed by atoms with Crippen LogP contribution in [-0.2, 0) is 20.7 Å². The van der Waals surface area contributed by atoms with Crippen LogP contribution in [0.3, 0.4) is 0 Å². The van der Waals surface area contributed by atoms with E-state index in [-0.39, 0.29) is 18.1 Å². The number of carbonyl (C=O) groups excluding carboxylic acids is 1. The minimum Gasteiger partial charge on any atom is -0.481 e. The van der Waals surface area contributed by atoms with E-state index in [2.05, 4.69) is 5.32 Å². The quantitative estimate of drug-likeness (QED) is 0.854. The minimum atomic E-state index is -0.926. The highest BCUT2D eigenvalue weighted by Gasteiger charge is 2.55. The van der Waals surface area contributed by atoms with E-state index < -0.39 is 17.8 Å². The number of ether oxygens (including phenoxy) is 1. The van der Waals surface area contributed by atoms with E-state index in [1.807, 2.05) is 30.3 Å². The molecule has 0 unspecified atom stereocenters. The monoisotopic (exact) mass is 289 g/mol. The third-order valence-corrected chi connectivity index (χ3v) is 4.42. The Balaban J connectivity index is 1.56. The van der Waals surface area contributed by atoms with E-state index in [0.717, 1.165) is 24.8 Å². The molecule has 2 saturated heterocycles. The number of amides is 1. The first-order chi connectivity index (χ1) is 10.2. The molecule has 2 N–H and O–H groups in total. The first kappa shape index (κ1) is 14.1. The van der Waals surface area contributed by atoms with Gasteiger partial charge in [0.25, 0.3) is 0 Å². The Kier molecular flexibility index (Phi) is 3.92. The standard InChI is InChI=1S/C16H19NO4/c18-15(17-9-8-10-4-2-1-3-5-10)13-11-6-7-12(21-11)14(13)16(19)20/h1-5,11-14H,6-9H2,(H,17,18)(H,19,20)/t11-,12-,13+,14+/m1/s1. The summed E-state index contributed by atoms with van der Waals surface area (Å²) in [7, 11) is 0. The number of benzene rings is 1. The second-order valence-corrected chi connectivity index (χ2v) is 5.71. The van der Waals surface area contributed by atoms with Crippen LogP contribution in [-0.4, -0.2) is 35.7 Å². The fourth-order valence-electron chi connectivity index (χ4n) is 3.42. The highest BCUT2D eigenvalue weighted by molar-refractivity contribution is 5.86. The molecule has 4 atom stereocenters. The smallest absolute Gasteiger partial charge is 0.310 e. The number of carboxylic acid groups (broad SMARTS) is 1. The predicted molar refractivity (Wildman–Crippen MR) is 75.7 cm³/mol. The van der Waals surface area contributed by atoms with Gasteiger partial charge in [-0.2, -0.15) is 0 Å². The highest BCUT2D eigenvalue weighted by atomic mass is 16.5. The molecule has 2 aliphatic heterocycles. The summed E-state index contributed by atoms with van der Waals surface area (Å²) < 4.78 is 5.60. The second-order valence-electron chi connectivity index (χ2n) is 5.71. The van der Waals surface area contributed by atoms with Crippen molar-refractivity contribution in [3.8, 4) is 0 Å². The Morgan fingerprint density at radius 1 is 1.14 bits per heavy atom. The van der Waals surface area contributed by atoms with Crippen LogP contribution >= 0.6 is 0 Å². The van der Waals surface area contributed by atoms with Crippen molar-refractivity contribution < 1.29 is 19.4 Å². The van der Waals surface area contributed by atoms with Crippen LogP contribution in [0, 0.1) is 11.8 Å². The normalized spacial score (nSPS) is 30.3. The van der Waals surface area contributed by atoms with E-state index in [9.17, 15) is 14.7 Å². The molecule has 5 heteroatoms. The summed E-state index contributed by atoms with van der Waals surface area (Å²) in [5.74, 6) is -2.35. The number of carboxylic acids is 1. The lowest BCUT2D eigenvalue weighted by molar-refractivity contribution is -0.147. The summed E-state index contributed by atoms with van der Waals surface area (Å²) in [5, 5.41) is 12.2. The van der Waals surface area contributed by atoms with E-state index in [0.29, 0.717) is 6.54 Å². The Labute approximate surface area is 123 Å². The number of carbonyl (C=O) groups is 2. The van der Waals surface area contributed by atoms with Gasteiger partial charge in [0.05, 0.1) is 24.0 Å². The molecule has 1 amide bonds. The van der Waals surface area contributed by atoms with Crippen molar-refractivity contribution in [2.75, 3.05) is 6.54 Å². The Hall–Kier alpha value is -1.88. The van der Waals surface area contributed by atoms with Crippen LogP contribution in [0.1, 0.15) is 18.4 Å². The maximum Gasteiger partial charge on any atom is 0.310 e. The summed E-state index contributed by atoms with van der Waals surface area (Å²) in [5.41, 5.74) is 1.15. The van der Waals surface area contributed by atoms with Gasteiger partial charge in [-0.15, -0.1) is 0 Å². The van der Waals surface area contributed by atoms with Gasteiger partial charge < -0.3 is 15.2 Å². The molecule has 0 aromatic heterocycles. The van der Waals surface area contributed by atoms with Gasteiger partial charge >= 0.3 is 5.97 Å². The zero-order valence-corrected chi connectivity index (χ0v) is 11.7. The molecule has 2 heterocycles. The molecule has 5 nitrogen and oxygen atoms in total. The van der Waals surface area contributed by atoms with Crippen molar-refractivity contribution in [1.29, 1.82) is 0 Å². The Bertz CT molecular complexity index is 530. The zero-order chi connectivity index (χ0) is 14.8. The molecule has 1 aromatic rings. The van der Waals surface area contributed by atoms with Gasteiger partial charge in [-0.05, 0) is 24.8 Å². The fourth-order valence-corrected chi connectivity index (χ4v) is 3.42. The number of fused-ring (bicyclic) bond motifs is 2. The van der Waals surface area contributed by atoms with E-state index in [1.165, 1.54) is 0 Å². The Morgan fingerprint density at radius 2 is 1.81 bits per heavy atom. The van der Waals surface area contributed by atoms with Crippen LogP contribution in [0.25, 0.3) is 0 Å². The first-order valence-corrected chi connectivity index (χ1v) is 7.36. The molecule has 0 saturated carbocycles. The molecule has 0 spiro atoms. The summed E-state index contributed by atoms with van der Waals surface area (Å²) in [6.45, 7) is 0.517. The molecule has 2 bridgehead atoms. The molecule has 0 radical (unpaired) electrons. The van der Waals surface area contributed by atoms with Crippen LogP contribution in [0.4, 0.5) is 0 Å². The van der Waals surface area contributed by atoms with Gasteiger partial charge in [0.15, 0.2) is 0 Å². The summed E-state index contributed by atoms with van der Waals surface area (Å²) >= 11 is 0. The molecule has 2 aliphatic rings. The average Bonchev–Trinajstić information content (AvgIpc) is 3.08. The molecule has 3 rings (SSSR count). The second kappa shape index (κ2) is 5.85. The molecular formula is C16H19NO4. The SMILES string of the molecule is O=C(O)[C@@H]1[C@@H](C(=O)NCCc2ccccc2)[C@H]2CC[C@H]1O2. The third kappa shape index (κ3) is 2.78. The van der Waals surface area contributed by atoms with Gasteiger partial charge in [0.1, 0.15) is 0 Å². The van der Waals surface area contributed by atoms with Crippen molar-refractivity contribution in [2.45, 2.75) is 31.5 Å². The minimum absolute atomic E-state index is 0.189. The average molecular weight is 289 g/mol. The third-order valence-electron chi connectivity index (χ3n) is 4.42. The largest absolute Gasteiger partial charge is 0.481 e. The number of aliphatic carboxylic acids is 1. The van der Waals surface area contributed by atoms with Gasteiger partial charge in [-0.3, -0.25) is 9.59 Å². The molecule has 2 fully saturated rings. The lowest BCUT2D eigenvalue weighted by Gasteiger charge is -2.23. The molecule has 0 aliphatic carbocycles. The van der Waals surface area contributed by atoms with Crippen LogP contribution in [0.5, 0.6) is 0 Å². The fraction of sp³-hybridized carbons (Fsp3) is 0.500. The lowest BCUT2D eigenvalue weighted by Crippen LogP contribution is -2.44. The van der Waals surface area contributed by atoms with Crippen molar-refractivity contribution in [2.24, 2.45) is 11.8 Å². The summed E-state index contributed by atoms with van der Waals surface area (Å²) in [6, 6.07) is 9.88. The summed E-state index contributed by atoms with van der Waals surface area (Å²) in [4.78, 5) is 23.6. The lowest BCUT2D eigenvalue weighted by atomic mass is 9.78. The topological polar surface area (TPSA) is 75.6 Å². The van der Waals surface area contributed by atoms with Crippen molar-refractivity contribution >= 4 is 11.9 Å². The predicted octanol–water partition coefficient (Wildman–Crippen LogP) is 1.22. The number of hydrogen-bond donors (Lipinski definition) is 2. The number of rotatable bonds is 5. The Morgan fingerprint density at radius 3 is 2.48 bits per heavy atom. The van der Waals surface area contributed by atoms with Crippen LogP contribution in [0.15, 0.2) is 30.3 Å². The molecular weight excluding hydrogens is 270 g/mol. The van der Waals surface area contributed by atoms with Crippen molar-refractivity contribution in [1.82, 2.24) is 5.32 Å². The maximum absolute atomic E-state index is 12.3. The van der Waals surface area contributed by atoms with Crippen molar-refractivity contribution in [3.05, 3.63) is 35.9 Å². The van der Waals surface area contributed by atoms with Crippen molar-refractivity contribution in [3.63, 3.8) is 0 Å². The number of hydrogen-bond acceptors (Lipinski definition) is 3. The van der Waals surface area contributed by atoms with Crippen LogP contribution in [0.2, 0.25) is 0 Å². The first-order valence-electron chi connectivity index (χ1n) is 7.36. The zero-order valence-electron chi connectivity index (χ0n) is 11.7. The number of nitrogens with one attached hydrogen (secondary N) is 1. The van der Waals surface area contributed by atoms with E-state index in [4.69, 9.17) is 4.74 Å².